The van der Waals surface area contributed by atoms with Gasteiger partial charge in [0, 0.05) is 18.2 Å². The molecule has 3 heteroatoms. The van der Waals surface area contributed by atoms with Crippen LogP contribution in [0.2, 0.25) is 0 Å². The Morgan fingerprint density at radius 2 is 2.20 bits per heavy atom. The lowest BCUT2D eigenvalue weighted by Gasteiger charge is -2.35. The number of carbonyl (C=O) groups is 1. The van der Waals surface area contributed by atoms with Crippen LogP contribution in [-0.4, -0.2) is 35.1 Å². The second-order valence-corrected chi connectivity index (χ2v) is 4.67. The lowest BCUT2D eigenvalue weighted by Crippen LogP contribution is -2.40. The van der Waals surface area contributed by atoms with Crippen molar-refractivity contribution in [1.29, 1.82) is 0 Å². The maximum absolute atomic E-state index is 10.6. The van der Waals surface area contributed by atoms with Gasteiger partial charge in [0.15, 0.2) is 0 Å². The summed E-state index contributed by atoms with van der Waals surface area (Å²) < 4.78 is 0. The van der Waals surface area contributed by atoms with Crippen LogP contribution >= 0.6 is 0 Å². The van der Waals surface area contributed by atoms with Crippen molar-refractivity contribution in [3.8, 4) is 0 Å². The second-order valence-electron chi connectivity index (χ2n) is 4.67. The second kappa shape index (κ2) is 5.31. The summed E-state index contributed by atoms with van der Waals surface area (Å²) >= 11 is 0. The molecule has 0 aliphatic carbocycles. The Bertz CT molecular complexity index is 260. The average Bonchev–Trinajstić information content (AvgIpc) is 2.15. The monoisotopic (exact) mass is 211 g/mol. The molecule has 3 nitrogen and oxygen atoms in total. The predicted octanol–water partition coefficient (Wildman–Crippen LogP) is 2.14. The van der Waals surface area contributed by atoms with Crippen LogP contribution in [0.5, 0.6) is 0 Å². The number of likely N-dealkylation sites (tertiary alicyclic amines) is 1. The van der Waals surface area contributed by atoms with Gasteiger partial charge in [-0.1, -0.05) is 13.0 Å². The third kappa shape index (κ3) is 3.67. The first-order valence-electron chi connectivity index (χ1n) is 5.64. The molecule has 0 aromatic heterocycles. The molecule has 15 heavy (non-hydrogen) atoms. The molecule has 1 aliphatic rings. The van der Waals surface area contributed by atoms with Gasteiger partial charge in [-0.05, 0) is 39.2 Å². The molecule has 2 unspecified atom stereocenters. The Kier molecular flexibility index (Phi) is 4.33. The maximum atomic E-state index is 10.6. The van der Waals surface area contributed by atoms with Gasteiger partial charge in [-0.2, -0.15) is 0 Å². The first kappa shape index (κ1) is 12.2. The van der Waals surface area contributed by atoms with Gasteiger partial charge >= 0.3 is 5.97 Å². The Labute approximate surface area is 91.8 Å². The van der Waals surface area contributed by atoms with Crippen LogP contribution in [-0.2, 0) is 4.79 Å². The van der Waals surface area contributed by atoms with E-state index in [1.807, 2.05) is 6.08 Å². The summed E-state index contributed by atoms with van der Waals surface area (Å²) in [6.45, 7) is 8.02. The molecule has 1 heterocycles. The largest absolute Gasteiger partial charge is 0.478 e. The van der Waals surface area contributed by atoms with Gasteiger partial charge in [-0.25, -0.2) is 4.79 Å². The van der Waals surface area contributed by atoms with E-state index in [9.17, 15) is 4.79 Å². The molecule has 0 amide bonds. The van der Waals surface area contributed by atoms with Crippen molar-refractivity contribution >= 4 is 5.97 Å². The number of piperidine rings is 1. The highest BCUT2D eigenvalue weighted by Crippen LogP contribution is 2.21. The van der Waals surface area contributed by atoms with Gasteiger partial charge in [-0.3, -0.25) is 4.90 Å². The van der Waals surface area contributed by atoms with E-state index in [0.29, 0.717) is 11.6 Å². The van der Waals surface area contributed by atoms with E-state index in [-0.39, 0.29) is 0 Å². The zero-order valence-electron chi connectivity index (χ0n) is 9.86. The summed E-state index contributed by atoms with van der Waals surface area (Å²) in [4.78, 5) is 13.0. The van der Waals surface area contributed by atoms with Crippen molar-refractivity contribution in [1.82, 2.24) is 4.90 Å². The van der Waals surface area contributed by atoms with Crippen molar-refractivity contribution in [3.63, 3.8) is 0 Å². The molecule has 0 bridgehead atoms. The van der Waals surface area contributed by atoms with Gasteiger partial charge in [0.2, 0.25) is 0 Å². The van der Waals surface area contributed by atoms with Gasteiger partial charge < -0.3 is 5.11 Å². The quantitative estimate of drug-likeness (QED) is 0.727. The average molecular weight is 211 g/mol. The molecule has 1 fully saturated rings. The fourth-order valence-electron chi connectivity index (χ4n) is 2.07. The molecule has 1 N–H and O–H groups in total. The Balaban J connectivity index is 2.45. The third-order valence-corrected chi connectivity index (χ3v) is 3.25. The molecule has 86 valence electrons. The van der Waals surface area contributed by atoms with Crippen molar-refractivity contribution in [2.75, 3.05) is 13.1 Å². The molecule has 0 aromatic carbocycles. The topological polar surface area (TPSA) is 40.5 Å². The van der Waals surface area contributed by atoms with E-state index in [1.54, 1.807) is 6.92 Å². The van der Waals surface area contributed by atoms with Crippen LogP contribution in [0.4, 0.5) is 0 Å². The van der Waals surface area contributed by atoms with Crippen molar-refractivity contribution in [2.45, 2.75) is 39.7 Å². The summed E-state index contributed by atoms with van der Waals surface area (Å²) in [5.41, 5.74) is 0.445. The minimum Gasteiger partial charge on any atom is -0.478 e. The van der Waals surface area contributed by atoms with E-state index in [1.165, 1.54) is 12.8 Å². The number of hydrogen-bond acceptors (Lipinski definition) is 2. The molecular formula is C12H21NO2. The lowest BCUT2D eigenvalue weighted by molar-refractivity contribution is -0.132. The van der Waals surface area contributed by atoms with Gasteiger partial charge in [0.1, 0.15) is 0 Å². The van der Waals surface area contributed by atoms with Crippen molar-refractivity contribution < 1.29 is 9.90 Å². The zero-order chi connectivity index (χ0) is 11.4. The summed E-state index contributed by atoms with van der Waals surface area (Å²) in [5.74, 6) is -0.00571. The van der Waals surface area contributed by atoms with Gasteiger partial charge in [-0.15, -0.1) is 0 Å². The number of carboxylic acids is 1. The molecule has 1 aliphatic heterocycles. The highest BCUT2D eigenvalue weighted by atomic mass is 16.4. The summed E-state index contributed by atoms with van der Waals surface area (Å²) in [6.07, 6.45) is 4.26. The molecule has 0 saturated carbocycles. The van der Waals surface area contributed by atoms with Crippen LogP contribution in [0.15, 0.2) is 11.6 Å². The number of rotatable bonds is 3. The van der Waals surface area contributed by atoms with Crippen molar-refractivity contribution in [2.24, 2.45) is 5.92 Å². The Morgan fingerprint density at radius 1 is 1.53 bits per heavy atom. The molecule has 0 aromatic rings. The fraction of sp³-hybridized carbons (Fsp3) is 0.750. The van der Waals surface area contributed by atoms with E-state index in [0.717, 1.165) is 19.0 Å². The smallest absolute Gasteiger partial charge is 0.330 e. The number of hydrogen-bond donors (Lipinski definition) is 1. The first-order chi connectivity index (χ1) is 7.00. The molecule has 0 spiro atoms. The molecule has 1 saturated heterocycles. The molecular weight excluding hydrogens is 190 g/mol. The van der Waals surface area contributed by atoms with Crippen LogP contribution < -0.4 is 0 Å². The van der Waals surface area contributed by atoms with E-state index in [4.69, 9.17) is 5.11 Å². The zero-order valence-corrected chi connectivity index (χ0v) is 9.86. The molecule has 2 atom stereocenters. The first-order valence-corrected chi connectivity index (χ1v) is 5.64. The fourth-order valence-corrected chi connectivity index (χ4v) is 2.07. The van der Waals surface area contributed by atoms with Crippen LogP contribution in [0.3, 0.4) is 0 Å². The predicted molar refractivity (Wildman–Crippen MR) is 60.8 cm³/mol. The third-order valence-electron chi connectivity index (χ3n) is 3.25. The van der Waals surface area contributed by atoms with Gasteiger partial charge in [0.25, 0.3) is 0 Å². The highest BCUT2D eigenvalue weighted by molar-refractivity contribution is 5.85. The van der Waals surface area contributed by atoms with Crippen LogP contribution in [0.1, 0.15) is 33.6 Å². The minimum atomic E-state index is -0.812. The van der Waals surface area contributed by atoms with E-state index >= 15 is 0 Å². The van der Waals surface area contributed by atoms with Crippen molar-refractivity contribution in [3.05, 3.63) is 11.6 Å². The minimum absolute atomic E-state index is 0.445. The Hall–Kier alpha value is -0.830. The van der Waals surface area contributed by atoms with Crippen LogP contribution in [0, 0.1) is 5.92 Å². The summed E-state index contributed by atoms with van der Waals surface area (Å²) in [5, 5.41) is 8.73. The van der Waals surface area contributed by atoms with E-state index in [2.05, 4.69) is 18.7 Å². The maximum Gasteiger partial charge on any atom is 0.330 e. The SMILES string of the molecule is CC(=CCN1CCC(C)CC1C)C(=O)O. The van der Waals surface area contributed by atoms with Crippen LogP contribution in [0.25, 0.3) is 0 Å². The standard InChI is InChI=1S/C12H21NO2/c1-9-4-6-13(11(3)8-9)7-5-10(2)12(14)15/h5,9,11H,4,6-8H2,1-3H3,(H,14,15). The number of nitrogens with zero attached hydrogens (tertiary/aromatic N) is 1. The Morgan fingerprint density at radius 3 is 2.73 bits per heavy atom. The molecule has 1 rings (SSSR count). The summed E-state index contributed by atoms with van der Waals surface area (Å²) in [6, 6.07) is 0.576. The number of aliphatic carboxylic acids is 1. The lowest BCUT2D eigenvalue weighted by atomic mass is 9.93. The summed E-state index contributed by atoms with van der Waals surface area (Å²) in [7, 11) is 0. The number of carboxylic acid groups (broad SMARTS) is 1. The highest BCUT2D eigenvalue weighted by Gasteiger charge is 2.21. The van der Waals surface area contributed by atoms with Gasteiger partial charge in [0.05, 0.1) is 0 Å². The van der Waals surface area contributed by atoms with E-state index < -0.39 is 5.97 Å². The molecule has 0 radical (unpaired) electrons. The normalized spacial score (nSPS) is 29.1.